The van der Waals surface area contributed by atoms with E-state index < -0.39 is 18.0 Å². The van der Waals surface area contributed by atoms with Crippen LogP contribution in [0.4, 0.5) is 13.9 Å². The van der Waals surface area contributed by atoms with E-state index in [1.807, 2.05) is 0 Å². The molecule has 2 aliphatic rings. The molecule has 2 fully saturated rings. The van der Waals surface area contributed by atoms with Gasteiger partial charge in [0.1, 0.15) is 11.4 Å². The first-order chi connectivity index (χ1) is 18.5. The van der Waals surface area contributed by atoms with Crippen molar-refractivity contribution in [3.05, 3.63) is 40.8 Å². The molecule has 0 bridgehead atoms. The first kappa shape index (κ1) is 25.9. The Balaban J connectivity index is 1.45. The number of nitrogens with one attached hydrogen (secondary N) is 1. The average molecular weight is 542 g/mol. The molecular weight excluding hydrogens is 516 g/mol. The van der Waals surface area contributed by atoms with Crippen LogP contribution in [0.1, 0.15) is 53.2 Å². The predicted molar refractivity (Wildman–Crippen MR) is 135 cm³/mol. The number of alkyl halides is 2. The van der Waals surface area contributed by atoms with E-state index >= 15 is 0 Å². The molecule has 9 nitrogen and oxygen atoms in total. The number of hydrogen-bond acceptors (Lipinski definition) is 9. The first-order valence-electron chi connectivity index (χ1n) is 12.2. The number of hydrogen-bond donors (Lipinski definition) is 1. The van der Waals surface area contributed by atoms with Crippen LogP contribution >= 0.6 is 11.3 Å². The number of ether oxygens (including phenoxy) is 3. The second-order valence-corrected chi connectivity index (χ2v) is 9.93. The van der Waals surface area contributed by atoms with Crippen molar-refractivity contribution in [1.29, 1.82) is 0 Å². The van der Waals surface area contributed by atoms with Gasteiger partial charge >= 0.3 is 0 Å². The second kappa shape index (κ2) is 11.8. The van der Waals surface area contributed by atoms with E-state index in [4.69, 9.17) is 14.2 Å². The van der Waals surface area contributed by atoms with E-state index in [2.05, 4.69) is 37.3 Å². The minimum Gasteiger partial charge on any atom is -0.494 e. The van der Waals surface area contributed by atoms with Crippen molar-refractivity contribution in [2.75, 3.05) is 32.2 Å². The standard InChI is InChI=1S/C26H25F2N5O4S/c1-35-21-13-29-20(24(27)28)10-18(21)17-11-22(37-14-16-6-8-36-9-7-16)30-12-19(17)25(34)31-26-33-32-23(38-26)5-4-15-2-3-15/h10-13,15-16,24H,2-3,6-9,14H2,1H3,(H,31,33,34). The summed E-state index contributed by atoms with van der Waals surface area (Å²) in [6, 6.07) is 2.75. The van der Waals surface area contributed by atoms with Gasteiger partial charge in [0.05, 0.1) is 25.5 Å². The Labute approximate surface area is 222 Å². The van der Waals surface area contributed by atoms with Crippen LogP contribution in [0, 0.1) is 23.7 Å². The Bertz CT molecular complexity index is 1360. The number of pyridine rings is 2. The minimum absolute atomic E-state index is 0.119. The number of halogens is 2. The number of nitrogens with zero attached hydrogens (tertiary/aromatic N) is 4. The molecule has 12 heteroatoms. The monoisotopic (exact) mass is 541 g/mol. The van der Waals surface area contributed by atoms with Crippen LogP contribution in [0.25, 0.3) is 11.1 Å². The van der Waals surface area contributed by atoms with Crippen LogP contribution in [-0.4, -0.2) is 53.0 Å². The topological polar surface area (TPSA) is 108 Å². The van der Waals surface area contributed by atoms with E-state index in [1.54, 1.807) is 6.07 Å². The third kappa shape index (κ3) is 6.41. The van der Waals surface area contributed by atoms with E-state index in [-0.39, 0.29) is 27.9 Å². The Hall–Kier alpha value is -3.69. The lowest BCUT2D eigenvalue weighted by Gasteiger charge is -2.22. The van der Waals surface area contributed by atoms with Crippen LogP contribution in [0.3, 0.4) is 0 Å². The molecule has 1 N–H and O–H groups in total. The van der Waals surface area contributed by atoms with Gasteiger partial charge in [-0.05, 0) is 43.6 Å². The fourth-order valence-corrected chi connectivity index (χ4v) is 4.47. The van der Waals surface area contributed by atoms with Crippen molar-refractivity contribution in [2.45, 2.75) is 32.1 Å². The Morgan fingerprint density at radius 1 is 1.16 bits per heavy atom. The van der Waals surface area contributed by atoms with Crippen molar-refractivity contribution in [3.63, 3.8) is 0 Å². The van der Waals surface area contributed by atoms with E-state index in [9.17, 15) is 13.6 Å². The number of anilines is 1. The summed E-state index contributed by atoms with van der Waals surface area (Å²) in [6.07, 6.45) is 3.67. The second-order valence-electron chi connectivity index (χ2n) is 8.96. The highest BCUT2D eigenvalue weighted by Crippen LogP contribution is 2.36. The fourth-order valence-electron chi connectivity index (χ4n) is 3.87. The van der Waals surface area contributed by atoms with Gasteiger partial charge < -0.3 is 14.2 Å². The molecule has 0 radical (unpaired) electrons. The fraction of sp³-hybridized carbons (Fsp3) is 0.423. The van der Waals surface area contributed by atoms with Gasteiger partial charge in [-0.1, -0.05) is 17.3 Å². The largest absolute Gasteiger partial charge is 0.494 e. The van der Waals surface area contributed by atoms with Crippen LogP contribution in [0.5, 0.6) is 11.6 Å². The summed E-state index contributed by atoms with van der Waals surface area (Å²) in [6.45, 7) is 1.78. The molecule has 0 atom stereocenters. The normalized spacial score (nSPS) is 15.6. The molecule has 38 heavy (non-hydrogen) atoms. The molecule has 1 aliphatic carbocycles. The predicted octanol–water partition coefficient (Wildman–Crippen LogP) is 4.76. The third-order valence-electron chi connectivity index (χ3n) is 6.16. The van der Waals surface area contributed by atoms with Crippen molar-refractivity contribution >= 4 is 22.4 Å². The molecule has 1 aliphatic heterocycles. The summed E-state index contributed by atoms with van der Waals surface area (Å²) in [5, 5.41) is 11.5. The summed E-state index contributed by atoms with van der Waals surface area (Å²) in [4.78, 5) is 21.4. The lowest BCUT2D eigenvalue weighted by Crippen LogP contribution is -2.21. The lowest BCUT2D eigenvalue weighted by molar-refractivity contribution is 0.0490. The molecule has 5 rings (SSSR count). The van der Waals surface area contributed by atoms with Gasteiger partial charge in [0, 0.05) is 42.5 Å². The molecule has 4 heterocycles. The number of aromatic nitrogens is 4. The minimum atomic E-state index is -2.81. The summed E-state index contributed by atoms with van der Waals surface area (Å²) in [5.74, 6) is 6.73. The van der Waals surface area contributed by atoms with Crippen LogP contribution < -0.4 is 14.8 Å². The van der Waals surface area contributed by atoms with Crippen LogP contribution in [-0.2, 0) is 4.74 Å². The van der Waals surface area contributed by atoms with Gasteiger partial charge in [0.15, 0.2) is 5.01 Å². The molecule has 3 aromatic heterocycles. The Kier molecular flexibility index (Phi) is 8.05. The lowest BCUT2D eigenvalue weighted by atomic mass is 10.00. The third-order valence-corrected chi connectivity index (χ3v) is 6.91. The maximum absolute atomic E-state index is 13.5. The highest BCUT2D eigenvalue weighted by molar-refractivity contribution is 7.15. The number of methoxy groups -OCH3 is 1. The number of carbonyl (C=O) groups is 1. The van der Waals surface area contributed by atoms with Crippen molar-refractivity contribution < 1.29 is 27.8 Å². The highest BCUT2D eigenvalue weighted by atomic mass is 32.1. The van der Waals surface area contributed by atoms with Crippen molar-refractivity contribution in [1.82, 2.24) is 20.2 Å². The van der Waals surface area contributed by atoms with E-state index in [1.165, 1.54) is 25.6 Å². The maximum atomic E-state index is 13.5. The van der Waals surface area contributed by atoms with Gasteiger partial charge in [-0.2, -0.15) is 0 Å². The summed E-state index contributed by atoms with van der Waals surface area (Å²) >= 11 is 1.15. The number of amides is 1. The van der Waals surface area contributed by atoms with Crippen LogP contribution in [0.15, 0.2) is 24.5 Å². The van der Waals surface area contributed by atoms with Gasteiger partial charge in [0.2, 0.25) is 11.0 Å². The molecule has 1 saturated heterocycles. The van der Waals surface area contributed by atoms with E-state index in [0.29, 0.717) is 42.2 Å². The SMILES string of the molecule is COc1cnc(C(F)F)cc1-c1cc(OCC2CCOCC2)ncc1C(=O)Nc1nnc(C#CC2CC2)s1. The maximum Gasteiger partial charge on any atom is 0.280 e. The van der Waals surface area contributed by atoms with Gasteiger partial charge in [0.25, 0.3) is 12.3 Å². The van der Waals surface area contributed by atoms with E-state index in [0.717, 1.165) is 37.0 Å². The molecule has 1 saturated carbocycles. The first-order valence-corrected chi connectivity index (χ1v) is 13.0. The number of rotatable bonds is 8. The molecule has 3 aromatic rings. The smallest absolute Gasteiger partial charge is 0.280 e. The molecular formula is C26H25F2N5O4S. The zero-order valence-electron chi connectivity index (χ0n) is 20.6. The zero-order chi connectivity index (χ0) is 26.5. The average Bonchev–Trinajstić information content (AvgIpc) is 3.67. The molecule has 0 unspecified atom stereocenters. The molecule has 1 amide bonds. The molecule has 0 spiro atoms. The summed E-state index contributed by atoms with van der Waals surface area (Å²) in [7, 11) is 1.40. The Morgan fingerprint density at radius 2 is 1.97 bits per heavy atom. The Morgan fingerprint density at radius 3 is 2.71 bits per heavy atom. The van der Waals surface area contributed by atoms with Gasteiger partial charge in [-0.3, -0.25) is 15.1 Å². The van der Waals surface area contributed by atoms with Crippen molar-refractivity contribution in [3.8, 4) is 34.6 Å². The van der Waals surface area contributed by atoms with Crippen molar-refractivity contribution in [2.24, 2.45) is 11.8 Å². The zero-order valence-corrected chi connectivity index (χ0v) is 21.4. The number of carbonyl (C=O) groups excluding carboxylic acids is 1. The molecule has 0 aromatic carbocycles. The summed E-state index contributed by atoms with van der Waals surface area (Å²) in [5.41, 5.74) is 0.235. The quantitative estimate of drug-likeness (QED) is 0.407. The molecule has 198 valence electrons. The summed E-state index contributed by atoms with van der Waals surface area (Å²) < 4.78 is 43.7. The van der Waals surface area contributed by atoms with Gasteiger partial charge in [-0.25, -0.2) is 13.8 Å². The van der Waals surface area contributed by atoms with Gasteiger partial charge in [-0.15, -0.1) is 10.2 Å². The highest BCUT2D eigenvalue weighted by Gasteiger charge is 2.23. The van der Waals surface area contributed by atoms with Crippen LogP contribution in [0.2, 0.25) is 0 Å².